The van der Waals surface area contributed by atoms with Gasteiger partial charge in [0.15, 0.2) is 17.8 Å². The first-order chi connectivity index (χ1) is 28.7. The highest BCUT2D eigenvalue weighted by molar-refractivity contribution is 6.22. The zero-order valence-corrected chi connectivity index (χ0v) is 31.7. The Hall–Kier alpha value is -7.19. The molecule has 2 aliphatic heterocycles. The molecule has 3 atom stereocenters. The summed E-state index contributed by atoms with van der Waals surface area (Å²) in [5, 5.41) is 3.75. The Morgan fingerprint density at radius 3 is 1.74 bits per heavy atom. The lowest BCUT2D eigenvalue weighted by atomic mass is 9.78. The molecule has 0 bridgehead atoms. The van der Waals surface area contributed by atoms with Crippen molar-refractivity contribution in [1.82, 2.24) is 25.3 Å². The second kappa shape index (κ2) is 14.4. The summed E-state index contributed by atoms with van der Waals surface area (Å²) in [4.78, 5) is 36.2. The lowest BCUT2D eigenvalue weighted by Gasteiger charge is -2.34. The fourth-order valence-corrected chi connectivity index (χ4v) is 8.77. The maximum absolute atomic E-state index is 5.46. The third-order valence-corrected chi connectivity index (χ3v) is 11.6. The van der Waals surface area contributed by atoms with E-state index in [0.717, 1.165) is 116 Å². The average molecular weight is 751 g/mol. The molecule has 0 spiro atoms. The van der Waals surface area contributed by atoms with Crippen molar-refractivity contribution in [2.45, 2.75) is 37.9 Å². The highest BCUT2D eigenvalue weighted by Crippen LogP contribution is 2.43. The summed E-state index contributed by atoms with van der Waals surface area (Å²) in [6.45, 7) is 0. The molecule has 4 aliphatic rings. The van der Waals surface area contributed by atoms with Gasteiger partial charge in [0.05, 0.1) is 28.5 Å². The minimum absolute atomic E-state index is 0.0117. The van der Waals surface area contributed by atoms with E-state index in [1.54, 1.807) is 0 Å². The van der Waals surface area contributed by atoms with Gasteiger partial charge in [-0.05, 0) is 54.0 Å². The minimum Gasteiger partial charge on any atom is -0.339 e. The highest BCUT2D eigenvalue weighted by Gasteiger charge is 2.37. The predicted octanol–water partition coefficient (Wildman–Crippen LogP) is 9.60. The van der Waals surface area contributed by atoms with Crippen LogP contribution in [0.15, 0.2) is 179 Å². The van der Waals surface area contributed by atoms with E-state index in [1.165, 1.54) is 5.57 Å². The Balaban J connectivity index is 1.00. The number of hydrogen-bond donors (Lipinski definition) is 1. The van der Waals surface area contributed by atoms with Crippen LogP contribution >= 0.6 is 0 Å². The molecule has 1 N–H and O–H groups in total. The van der Waals surface area contributed by atoms with Crippen LogP contribution in [0.5, 0.6) is 0 Å². The molecular formula is C50H38N8. The molecule has 5 aromatic carbocycles. The second-order valence-corrected chi connectivity index (χ2v) is 15.1. The molecule has 278 valence electrons. The number of rotatable bonds is 6. The maximum atomic E-state index is 5.46. The van der Waals surface area contributed by atoms with E-state index >= 15 is 0 Å². The zero-order valence-electron chi connectivity index (χ0n) is 31.7. The summed E-state index contributed by atoms with van der Waals surface area (Å²) >= 11 is 0. The Morgan fingerprint density at radius 2 is 1.05 bits per heavy atom. The number of aryl methyl sites for hydroxylation is 2. The summed E-state index contributed by atoms with van der Waals surface area (Å²) < 4.78 is 0. The summed E-state index contributed by atoms with van der Waals surface area (Å²) in [7, 11) is 0. The van der Waals surface area contributed by atoms with Gasteiger partial charge in [0, 0.05) is 46.1 Å². The van der Waals surface area contributed by atoms with Crippen molar-refractivity contribution in [1.29, 1.82) is 0 Å². The minimum atomic E-state index is -0.377. The normalized spacial score (nSPS) is 19.3. The van der Waals surface area contributed by atoms with Crippen molar-refractivity contribution in [3.8, 4) is 22.8 Å². The van der Waals surface area contributed by atoms with Gasteiger partial charge < -0.3 is 5.32 Å². The summed E-state index contributed by atoms with van der Waals surface area (Å²) in [6, 6.07) is 49.8. The largest absolute Gasteiger partial charge is 0.339 e. The quantitative estimate of drug-likeness (QED) is 0.183. The fraction of sp³-hybridized carbons (Fsp3) is 0.140. The van der Waals surface area contributed by atoms with Gasteiger partial charge in [-0.1, -0.05) is 140 Å². The molecule has 0 saturated carbocycles. The van der Waals surface area contributed by atoms with Crippen LogP contribution in [-0.4, -0.2) is 37.2 Å². The van der Waals surface area contributed by atoms with Gasteiger partial charge in [-0.15, -0.1) is 0 Å². The van der Waals surface area contributed by atoms with Crippen molar-refractivity contribution in [2.75, 3.05) is 0 Å². The smallest absolute Gasteiger partial charge is 0.165 e. The number of aliphatic imine (C=N–C) groups is 3. The molecule has 0 fully saturated rings. The molecule has 7 aromatic rings. The molecular weight excluding hydrogens is 713 g/mol. The van der Waals surface area contributed by atoms with Gasteiger partial charge in [0.1, 0.15) is 11.9 Å². The van der Waals surface area contributed by atoms with Crippen LogP contribution in [0.3, 0.4) is 0 Å². The number of hydrogen-bond acceptors (Lipinski definition) is 8. The molecule has 2 aliphatic carbocycles. The number of benzene rings is 5. The van der Waals surface area contributed by atoms with Gasteiger partial charge in [-0.25, -0.2) is 19.9 Å². The van der Waals surface area contributed by atoms with Crippen LogP contribution in [0.25, 0.3) is 28.5 Å². The number of fused-ring (bicyclic) bond motifs is 5. The topological polar surface area (TPSA) is 101 Å². The monoisotopic (exact) mass is 750 g/mol. The molecule has 8 nitrogen and oxygen atoms in total. The number of nitrogens with zero attached hydrogens (tertiary/aromatic N) is 7. The van der Waals surface area contributed by atoms with E-state index in [-0.39, 0.29) is 18.1 Å². The van der Waals surface area contributed by atoms with E-state index < -0.39 is 0 Å². The Bertz CT molecular complexity index is 2810. The van der Waals surface area contributed by atoms with E-state index in [2.05, 4.69) is 102 Å². The van der Waals surface area contributed by atoms with Gasteiger partial charge in [0.2, 0.25) is 0 Å². The van der Waals surface area contributed by atoms with E-state index in [0.29, 0.717) is 0 Å². The van der Waals surface area contributed by atoms with E-state index in [9.17, 15) is 0 Å². The van der Waals surface area contributed by atoms with Gasteiger partial charge >= 0.3 is 0 Å². The first kappa shape index (κ1) is 34.1. The van der Waals surface area contributed by atoms with Crippen LogP contribution in [0, 0.1) is 5.92 Å². The number of aromatic nitrogens is 4. The van der Waals surface area contributed by atoms with Crippen molar-refractivity contribution >= 4 is 23.0 Å². The lowest BCUT2D eigenvalue weighted by molar-refractivity contribution is 0.667. The Labute approximate surface area is 337 Å². The van der Waals surface area contributed by atoms with Crippen molar-refractivity contribution in [3.63, 3.8) is 0 Å². The molecule has 11 rings (SSSR count). The average Bonchev–Trinajstić information content (AvgIpc) is 3.31. The standard InChI is InChI=1S/C50H38N8/c1-5-14-31(15-6-1)47-51-29-39-41(53-47)26-24-37-43(55-49(57-45(37)39)33-18-9-3-10-19-33)35-22-13-23-36(28-35)44-38-25-27-42-40(30-52-48(54-42)32-16-7-2-8-17-32)46(38)58-50(56-44)34-20-11-4-12-21-34/h1-23,28-30,37,44,49H,24-27H2,(H,56,58). The Morgan fingerprint density at radius 1 is 0.483 bits per heavy atom. The van der Waals surface area contributed by atoms with Crippen LogP contribution in [0.2, 0.25) is 0 Å². The summed E-state index contributed by atoms with van der Waals surface area (Å²) in [5.41, 5.74) is 14.8. The van der Waals surface area contributed by atoms with Crippen LogP contribution in [0.4, 0.5) is 0 Å². The van der Waals surface area contributed by atoms with E-state index in [1.807, 2.05) is 60.9 Å². The molecule has 58 heavy (non-hydrogen) atoms. The van der Waals surface area contributed by atoms with Gasteiger partial charge in [0.25, 0.3) is 0 Å². The predicted molar refractivity (Wildman–Crippen MR) is 230 cm³/mol. The van der Waals surface area contributed by atoms with Crippen molar-refractivity contribution < 1.29 is 0 Å². The molecule has 4 heterocycles. The van der Waals surface area contributed by atoms with Crippen LogP contribution in [0.1, 0.15) is 69.8 Å². The van der Waals surface area contributed by atoms with Crippen molar-refractivity contribution in [3.05, 3.63) is 208 Å². The van der Waals surface area contributed by atoms with Crippen LogP contribution in [-0.2, 0) is 12.8 Å². The molecule has 0 radical (unpaired) electrons. The first-order valence-corrected chi connectivity index (χ1v) is 20.0. The van der Waals surface area contributed by atoms with Crippen molar-refractivity contribution in [2.24, 2.45) is 20.9 Å². The third kappa shape index (κ3) is 6.14. The summed E-state index contributed by atoms with van der Waals surface area (Å²) in [5.74, 6) is 2.34. The van der Waals surface area contributed by atoms with Gasteiger partial charge in [-0.3, -0.25) is 15.0 Å². The summed E-state index contributed by atoms with van der Waals surface area (Å²) in [6.07, 6.45) is 6.92. The third-order valence-electron chi connectivity index (χ3n) is 11.6. The van der Waals surface area contributed by atoms with Crippen LogP contribution < -0.4 is 5.32 Å². The number of amidine groups is 1. The number of nitrogens with one attached hydrogen (secondary N) is 1. The SMILES string of the molecule is c1ccc(C2=NC(c3cccc(C4=NC(c5ccccc5)N=C5c6cnc(-c7ccccc7)nc6CCC45)c3)C3=C(N2)c2cnc(-c4ccccc4)nc2CC3)cc1. The second-order valence-electron chi connectivity index (χ2n) is 15.1. The zero-order chi connectivity index (χ0) is 38.4. The molecule has 3 unspecified atom stereocenters. The fourth-order valence-electron chi connectivity index (χ4n) is 8.77. The molecule has 0 amide bonds. The van der Waals surface area contributed by atoms with E-state index in [4.69, 9.17) is 34.9 Å². The molecule has 0 saturated heterocycles. The highest BCUT2D eigenvalue weighted by atomic mass is 15.1. The molecule has 2 aromatic heterocycles. The van der Waals surface area contributed by atoms with Gasteiger partial charge in [-0.2, -0.15) is 0 Å². The molecule has 8 heteroatoms. The first-order valence-electron chi connectivity index (χ1n) is 20.0. The maximum Gasteiger partial charge on any atom is 0.165 e. The lowest BCUT2D eigenvalue weighted by Crippen LogP contribution is -2.35. The Kier molecular flexibility index (Phi) is 8.46.